The van der Waals surface area contributed by atoms with Crippen molar-refractivity contribution in [2.24, 2.45) is 0 Å². The van der Waals surface area contributed by atoms with Crippen molar-refractivity contribution in [3.8, 4) is 0 Å². The summed E-state index contributed by atoms with van der Waals surface area (Å²) in [5, 5.41) is 4.73. The second-order valence-electron chi connectivity index (χ2n) is 5.05. The number of fused-ring (bicyclic) bond motifs is 1. The van der Waals surface area contributed by atoms with Crippen LogP contribution in [0.5, 0.6) is 0 Å². The Hall–Kier alpha value is -0.910. The van der Waals surface area contributed by atoms with Crippen molar-refractivity contribution in [2.45, 2.75) is 40.0 Å². The summed E-state index contributed by atoms with van der Waals surface area (Å²) in [5.41, 5.74) is 1.18. The van der Waals surface area contributed by atoms with Crippen LogP contribution >= 0.6 is 22.9 Å². The predicted molar refractivity (Wildman–Crippen MR) is 90.7 cm³/mol. The lowest BCUT2D eigenvalue weighted by Gasteiger charge is -2.06. The van der Waals surface area contributed by atoms with Crippen molar-refractivity contribution in [3.05, 3.63) is 15.6 Å². The third-order valence-electron chi connectivity index (χ3n) is 3.38. The van der Waals surface area contributed by atoms with Gasteiger partial charge < -0.3 is 10.1 Å². The summed E-state index contributed by atoms with van der Waals surface area (Å²) in [7, 11) is 0. The Balaban J connectivity index is 1.88. The first-order valence-corrected chi connectivity index (χ1v) is 8.57. The van der Waals surface area contributed by atoms with Gasteiger partial charge in [-0.2, -0.15) is 0 Å². The Labute approximate surface area is 134 Å². The molecule has 0 aromatic carbocycles. The van der Waals surface area contributed by atoms with Gasteiger partial charge in [-0.25, -0.2) is 9.97 Å². The predicted octanol–water partition coefficient (Wildman–Crippen LogP) is 4.58. The fourth-order valence-corrected chi connectivity index (χ4v) is 3.40. The number of hydrogen-bond acceptors (Lipinski definition) is 5. The van der Waals surface area contributed by atoms with Crippen molar-refractivity contribution in [1.82, 2.24) is 9.97 Å². The van der Waals surface area contributed by atoms with Crippen LogP contribution in [0, 0.1) is 13.8 Å². The van der Waals surface area contributed by atoms with Gasteiger partial charge in [-0.3, -0.25) is 0 Å². The van der Waals surface area contributed by atoms with E-state index in [0.717, 1.165) is 42.8 Å². The fraction of sp³-hybridized carbons (Fsp3) is 0.600. The Morgan fingerprint density at radius 2 is 1.95 bits per heavy atom. The van der Waals surface area contributed by atoms with Gasteiger partial charge in [0.05, 0.1) is 5.39 Å². The standard InChI is InChI=1S/C15H22ClN3OS/c1-4-5-8-20-9-6-7-17-15-18-13(16)12-10(2)11(3)21-14(12)19-15/h4-9H2,1-3H3,(H,17,18,19). The van der Waals surface area contributed by atoms with E-state index >= 15 is 0 Å². The molecule has 6 heteroatoms. The minimum atomic E-state index is 0.531. The average Bonchev–Trinajstić information content (AvgIpc) is 2.73. The van der Waals surface area contributed by atoms with E-state index in [1.165, 1.54) is 16.9 Å². The molecule has 0 bridgehead atoms. The Bertz CT molecular complexity index is 600. The summed E-state index contributed by atoms with van der Waals surface area (Å²) in [4.78, 5) is 11.1. The van der Waals surface area contributed by atoms with Crippen LogP contribution in [0.2, 0.25) is 5.15 Å². The van der Waals surface area contributed by atoms with Gasteiger partial charge in [-0.05, 0) is 32.3 Å². The maximum atomic E-state index is 6.27. The van der Waals surface area contributed by atoms with Gasteiger partial charge in [0, 0.05) is 24.6 Å². The van der Waals surface area contributed by atoms with E-state index in [2.05, 4.69) is 36.1 Å². The molecule has 2 aromatic rings. The topological polar surface area (TPSA) is 47.0 Å². The molecule has 0 aliphatic rings. The molecule has 0 aliphatic heterocycles. The second kappa shape index (κ2) is 7.92. The molecular formula is C15H22ClN3OS. The molecule has 116 valence electrons. The third-order valence-corrected chi connectivity index (χ3v) is 4.75. The number of aryl methyl sites for hydroxylation is 2. The molecular weight excluding hydrogens is 306 g/mol. The van der Waals surface area contributed by atoms with Crippen molar-refractivity contribution in [2.75, 3.05) is 25.1 Å². The number of anilines is 1. The maximum absolute atomic E-state index is 6.27. The van der Waals surface area contributed by atoms with E-state index in [0.29, 0.717) is 11.1 Å². The number of unbranched alkanes of at least 4 members (excludes halogenated alkanes) is 1. The molecule has 1 N–H and O–H groups in total. The van der Waals surface area contributed by atoms with Crippen LogP contribution in [0.1, 0.15) is 36.6 Å². The SMILES string of the molecule is CCCCOCCCNc1nc(Cl)c2c(C)c(C)sc2n1. The van der Waals surface area contributed by atoms with Crippen molar-refractivity contribution in [1.29, 1.82) is 0 Å². The number of rotatable bonds is 8. The Morgan fingerprint density at radius 3 is 2.71 bits per heavy atom. The summed E-state index contributed by atoms with van der Waals surface area (Å²) in [5.74, 6) is 0.599. The van der Waals surface area contributed by atoms with Crippen LogP contribution in [0.3, 0.4) is 0 Å². The molecule has 2 heterocycles. The zero-order valence-electron chi connectivity index (χ0n) is 12.8. The van der Waals surface area contributed by atoms with E-state index in [-0.39, 0.29) is 0 Å². The average molecular weight is 328 g/mol. The number of nitrogens with zero attached hydrogens (tertiary/aromatic N) is 2. The smallest absolute Gasteiger partial charge is 0.225 e. The number of hydrogen-bond donors (Lipinski definition) is 1. The van der Waals surface area contributed by atoms with E-state index < -0.39 is 0 Å². The van der Waals surface area contributed by atoms with Crippen molar-refractivity contribution >= 4 is 39.1 Å². The van der Waals surface area contributed by atoms with Crippen molar-refractivity contribution < 1.29 is 4.74 Å². The Kier molecular flexibility index (Phi) is 6.21. The zero-order chi connectivity index (χ0) is 15.2. The summed E-state index contributed by atoms with van der Waals surface area (Å²) < 4.78 is 5.52. The summed E-state index contributed by atoms with van der Waals surface area (Å²) in [6.45, 7) is 8.70. The van der Waals surface area contributed by atoms with E-state index in [1.807, 2.05) is 0 Å². The maximum Gasteiger partial charge on any atom is 0.225 e. The number of aromatic nitrogens is 2. The number of ether oxygens (including phenoxy) is 1. The van der Waals surface area contributed by atoms with Crippen LogP contribution in [-0.2, 0) is 4.74 Å². The van der Waals surface area contributed by atoms with Gasteiger partial charge in [0.15, 0.2) is 0 Å². The largest absolute Gasteiger partial charge is 0.381 e. The van der Waals surface area contributed by atoms with Crippen LogP contribution in [0.15, 0.2) is 0 Å². The fourth-order valence-electron chi connectivity index (χ4n) is 2.00. The van der Waals surface area contributed by atoms with Gasteiger partial charge in [0.25, 0.3) is 0 Å². The molecule has 0 spiro atoms. The van der Waals surface area contributed by atoms with E-state index in [4.69, 9.17) is 16.3 Å². The summed E-state index contributed by atoms with van der Waals surface area (Å²) in [6.07, 6.45) is 3.23. The van der Waals surface area contributed by atoms with Gasteiger partial charge in [0.1, 0.15) is 9.98 Å². The molecule has 2 rings (SSSR count). The molecule has 0 fully saturated rings. The molecule has 0 radical (unpaired) electrons. The molecule has 0 aliphatic carbocycles. The lowest BCUT2D eigenvalue weighted by atomic mass is 10.2. The lowest BCUT2D eigenvalue weighted by Crippen LogP contribution is -2.08. The van der Waals surface area contributed by atoms with E-state index in [1.54, 1.807) is 11.3 Å². The third kappa shape index (κ3) is 4.28. The Morgan fingerprint density at radius 1 is 1.19 bits per heavy atom. The quantitative estimate of drug-likeness (QED) is 0.569. The lowest BCUT2D eigenvalue weighted by molar-refractivity contribution is 0.131. The van der Waals surface area contributed by atoms with Crippen LogP contribution in [-0.4, -0.2) is 29.7 Å². The van der Waals surface area contributed by atoms with Crippen LogP contribution in [0.25, 0.3) is 10.2 Å². The minimum absolute atomic E-state index is 0.531. The highest BCUT2D eigenvalue weighted by molar-refractivity contribution is 7.18. The minimum Gasteiger partial charge on any atom is -0.381 e. The molecule has 0 saturated heterocycles. The zero-order valence-corrected chi connectivity index (χ0v) is 14.4. The summed E-state index contributed by atoms with van der Waals surface area (Å²) in [6, 6.07) is 0. The molecule has 0 atom stereocenters. The highest BCUT2D eigenvalue weighted by Gasteiger charge is 2.12. The van der Waals surface area contributed by atoms with Crippen LogP contribution < -0.4 is 5.32 Å². The van der Waals surface area contributed by atoms with Crippen LogP contribution in [0.4, 0.5) is 5.95 Å². The number of nitrogens with one attached hydrogen (secondary N) is 1. The first kappa shape index (κ1) is 16.5. The molecule has 0 amide bonds. The molecule has 4 nitrogen and oxygen atoms in total. The first-order chi connectivity index (χ1) is 10.1. The number of halogens is 1. The van der Waals surface area contributed by atoms with Gasteiger partial charge in [0.2, 0.25) is 5.95 Å². The molecule has 0 saturated carbocycles. The highest BCUT2D eigenvalue weighted by Crippen LogP contribution is 2.33. The van der Waals surface area contributed by atoms with Crippen molar-refractivity contribution in [3.63, 3.8) is 0 Å². The molecule has 0 unspecified atom stereocenters. The van der Waals surface area contributed by atoms with Gasteiger partial charge in [-0.1, -0.05) is 24.9 Å². The number of thiophene rings is 1. The molecule has 2 aromatic heterocycles. The van der Waals surface area contributed by atoms with Gasteiger partial charge >= 0.3 is 0 Å². The molecule has 21 heavy (non-hydrogen) atoms. The normalized spacial score (nSPS) is 11.2. The second-order valence-corrected chi connectivity index (χ2v) is 6.61. The monoisotopic (exact) mass is 327 g/mol. The van der Waals surface area contributed by atoms with Gasteiger partial charge in [-0.15, -0.1) is 11.3 Å². The highest BCUT2D eigenvalue weighted by atomic mass is 35.5. The summed E-state index contributed by atoms with van der Waals surface area (Å²) >= 11 is 7.93. The van der Waals surface area contributed by atoms with E-state index in [9.17, 15) is 0 Å². The first-order valence-electron chi connectivity index (χ1n) is 7.38.